The van der Waals surface area contributed by atoms with Crippen molar-refractivity contribution in [3.8, 4) is 5.75 Å². The number of benzene rings is 1. The maximum Gasteiger partial charge on any atom is 0.487 e. The summed E-state index contributed by atoms with van der Waals surface area (Å²) in [7, 11) is 0. The summed E-state index contributed by atoms with van der Waals surface area (Å²) in [5.41, 5.74) is -1.29. The van der Waals surface area contributed by atoms with Gasteiger partial charge in [0.15, 0.2) is 0 Å². The first kappa shape index (κ1) is 24.0. The Kier molecular flexibility index (Phi) is 7.44. The number of halogens is 3. The van der Waals surface area contributed by atoms with Crippen LogP contribution < -0.4 is 10.1 Å². The lowest BCUT2D eigenvalue weighted by atomic mass is 9.82. The molecular formula is C23H27ClF2N2O4. The predicted molar refractivity (Wildman–Crippen MR) is 118 cm³/mol. The van der Waals surface area contributed by atoms with E-state index in [1.165, 1.54) is 12.1 Å². The second-order valence-electron chi connectivity index (χ2n) is 8.17. The van der Waals surface area contributed by atoms with E-state index >= 15 is 0 Å². The molecule has 1 aliphatic rings. The number of aryl methyl sites for hydroxylation is 1. The van der Waals surface area contributed by atoms with E-state index < -0.39 is 17.4 Å². The molecule has 0 unspecified atom stereocenters. The van der Waals surface area contributed by atoms with Gasteiger partial charge in [0.25, 0.3) is 0 Å². The molecule has 1 aliphatic carbocycles. The van der Waals surface area contributed by atoms with E-state index in [-0.39, 0.29) is 23.7 Å². The summed E-state index contributed by atoms with van der Waals surface area (Å²) in [6.07, 6.45) is 4.98. The van der Waals surface area contributed by atoms with Crippen molar-refractivity contribution in [2.75, 3.05) is 6.54 Å². The molecule has 0 saturated carbocycles. The van der Waals surface area contributed by atoms with Gasteiger partial charge in [-0.1, -0.05) is 12.2 Å². The molecule has 2 atom stereocenters. The Labute approximate surface area is 190 Å². The number of carbonyl (C=O) groups excluding carboxylic acids is 2. The second kappa shape index (κ2) is 9.90. The Morgan fingerprint density at radius 1 is 1.25 bits per heavy atom. The number of amides is 1. The van der Waals surface area contributed by atoms with Gasteiger partial charge in [-0.05, 0) is 63.8 Å². The van der Waals surface area contributed by atoms with Crippen LogP contribution in [0.15, 0.2) is 30.4 Å². The highest BCUT2D eigenvalue weighted by Gasteiger charge is 2.35. The SMILES string of the molecule is Cc1[nH]c2ccc(OC(F)(F)Cl)cc2c1CCNC(=O)[C@H]1CC=CC[C@@H]1C(=O)OC(C)C. The minimum atomic E-state index is -3.80. The van der Waals surface area contributed by atoms with Gasteiger partial charge in [-0.15, -0.1) is 8.78 Å². The van der Waals surface area contributed by atoms with Crippen LogP contribution in [-0.4, -0.2) is 35.1 Å². The summed E-state index contributed by atoms with van der Waals surface area (Å²) in [5.74, 6) is -1.61. The van der Waals surface area contributed by atoms with Gasteiger partial charge < -0.3 is 19.8 Å². The molecule has 0 spiro atoms. The maximum absolute atomic E-state index is 13.0. The molecule has 0 saturated heterocycles. The molecule has 1 aromatic carbocycles. The predicted octanol–water partition coefficient (Wildman–Crippen LogP) is 4.84. The quantitative estimate of drug-likeness (QED) is 0.330. The Morgan fingerprint density at radius 3 is 2.59 bits per heavy atom. The maximum atomic E-state index is 13.0. The lowest BCUT2D eigenvalue weighted by Gasteiger charge is -2.26. The summed E-state index contributed by atoms with van der Waals surface area (Å²) < 4.78 is 35.7. The summed E-state index contributed by atoms with van der Waals surface area (Å²) >= 11 is 4.87. The Balaban J connectivity index is 1.67. The standard InChI is InChI=1S/C23H27ClF2N2O4/c1-13(2)31-22(30)18-7-5-4-6-17(18)21(29)27-11-10-16-14(3)28-20-9-8-15(12-19(16)20)32-23(24,25)26/h4-5,8-9,12-13,17-18,28H,6-7,10-11H2,1-3H3,(H,27,29)/t17-,18-/m0/s1. The normalized spacial score (nSPS) is 18.7. The molecule has 2 aromatic rings. The van der Waals surface area contributed by atoms with Gasteiger partial charge in [-0.2, -0.15) is 0 Å². The number of alkyl halides is 3. The topological polar surface area (TPSA) is 80.4 Å². The molecule has 0 fully saturated rings. The van der Waals surface area contributed by atoms with Gasteiger partial charge >= 0.3 is 11.5 Å². The third-order valence-electron chi connectivity index (χ3n) is 5.42. The molecule has 0 aliphatic heterocycles. The van der Waals surface area contributed by atoms with Gasteiger partial charge in [-0.25, -0.2) is 0 Å². The number of rotatable bonds is 8. The summed E-state index contributed by atoms with van der Waals surface area (Å²) in [6.45, 7) is 5.76. The Hall–Kier alpha value is -2.61. The van der Waals surface area contributed by atoms with Crippen LogP contribution in [0.3, 0.4) is 0 Å². The molecule has 32 heavy (non-hydrogen) atoms. The van der Waals surface area contributed by atoms with Gasteiger partial charge in [0.1, 0.15) is 5.75 Å². The lowest BCUT2D eigenvalue weighted by molar-refractivity contribution is -0.156. The number of esters is 1. The average molecular weight is 469 g/mol. The van der Waals surface area contributed by atoms with Crippen molar-refractivity contribution in [3.63, 3.8) is 0 Å². The van der Waals surface area contributed by atoms with Crippen molar-refractivity contribution in [3.05, 3.63) is 41.6 Å². The number of hydrogen-bond acceptors (Lipinski definition) is 4. The van der Waals surface area contributed by atoms with Crippen LogP contribution in [0.1, 0.15) is 37.9 Å². The summed E-state index contributed by atoms with van der Waals surface area (Å²) in [6, 6.07) is 4.55. The monoisotopic (exact) mass is 468 g/mol. The number of nitrogens with one attached hydrogen (secondary N) is 2. The van der Waals surface area contributed by atoms with E-state index in [1.807, 2.05) is 19.1 Å². The molecule has 1 heterocycles. The number of H-pyrrole nitrogens is 1. The van der Waals surface area contributed by atoms with Gasteiger partial charge in [-0.3, -0.25) is 9.59 Å². The highest BCUT2D eigenvalue weighted by Crippen LogP contribution is 2.31. The lowest BCUT2D eigenvalue weighted by Crippen LogP contribution is -2.40. The Morgan fingerprint density at radius 2 is 1.94 bits per heavy atom. The average Bonchev–Trinajstić information content (AvgIpc) is 3.01. The van der Waals surface area contributed by atoms with Gasteiger partial charge in [0.2, 0.25) is 5.91 Å². The number of carbonyl (C=O) groups is 2. The summed E-state index contributed by atoms with van der Waals surface area (Å²) in [4.78, 5) is 28.4. The van der Waals surface area contributed by atoms with E-state index in [4.69, 9.17) is 16.3 Å². The highest BCUT2D eigenvalue weighted by molar-refractivity contribution is 6.20. The fourth-order valence-electron chi connectivity index (χ4n) is 4.01. The largest absolute Gasteiger partial charge is 0.487 e. The van der Waals surface area contributed by atoms with Gasteiger partial charge in [0.05, 0.1) is 17.9 Å². The molecule has 3 rings (SSSR count). The van der Waals surface area contributed by atoms with Crippen LogP contribution in [0.5, 0.6) is 5.75 Å². The van der Waals surface area contributed by atoms with Crippen molar-refractivity contribution >= 4 is 34.4 Å². The number of fused-ring (bicyclic) bond motifs is 1. The molecule has 6 nitrogen and oxygen atoms in total. The van der Waals surface area contributed by atoms with E-state index in [9.17, 15) is 18.4 Å². The van der Waals surface area contributed by atoms with Crippen LogP contribution in [0.25, 0.3) is 10.9 Å². The minimum absolute atomic E-state index is 0.0534. The number of hydrogen-bond donors (Lipinski definition) is 2. The zero-order valence-corrected chi connectivity index (χ0v) is 19.0. The van der Waals surface area contributed by atoms with E-state index in [0.29, 0.717) is 31.2 Å². The van der Waals surface area contributed by atoms with Crippen molar-refractivity contribution in [2.45, 2.75) is 51.7 Å². The number of aromatic amines is 1. The van der Waals surface area contributed by atoms with Crippen molar-refractivity contribution in [2.24, 2.45) is 11.8 Å². The van der Waals surface area contributed by atoms with Crippen LogP contribution in [0.2, 0.25) is 0 Å². The first-order valence-electron chi connectivity index (χ1n) is 10.6. The van der Waals surface area contributed by atoms with Crippen molar-refractivity contribution in [1.29, 1.82) is 0 Å². The first-order chi connectivity index (χ1) is 15.0. The zero-order chi connectivity index (χ0) is 23.5. The third-order valence-corrected chi connectivity index (χ3v) is 5.50. The molecule has 9 heteroatoms. The molecule has 1 aromatic heterocycles. The van der Waals surface area contributed by atoms with Crippen molar-refractivity contribution in [1.82, 2.24) is 10.3 Å². The Bertz CT molecular complexity index is 1010. The minimum Gasteiger partial charge on any atom is -0.463 e. The molecule has 174 valence electrons. The number of aromatic nitrogens is 1. The van der Waals surface area contributed by atoms with E-state index in [1.54, 1.807) is 19.9 Å². The van der Waals surface area contributed by atoms with E-state index in [2.05, 4.69) is 15.0 Å². The van der Waals surface area contributed by atoms with Crippen LogP contribution in [0.4, 0.5) is 8.78 Å². The second-order valence-corrected chi connectivity index (χ2v) is 8.61. The number of allylic oxidation sites excluding steroid dienone is 2. The van der Waals surface area contributed by atoms with Crippen LogP contribution in [-0.2, 0) is 20.7 Å². The van der Waals surface area contributed by atoms with Gasteiger partial charge in [0, 0.05) is 34.7 Å². The first-order valence-corrected chi connectivity index (χ1v) is 10.9. The third kappa shape index (κ3) is 6.00. The van der Waals surface area contributed by atoms with Crippen LogP contribution in [0, 0.1) is 18.8 Å². The van der Waals surface area contributed by atoms with Crippen LogP contribution >= 0.6 is 11.6 Å². The molecule has 0 bridgehead atoms. The highest BCUT2D eigenvalue weighted by atomic mass is 35.5. The zero-order valence-electron chi connectivity index (χ0n) is 18.2. The molecule has 2 N–H and O–H groups in total. The van der Waals surface area contributed by atoms with Crippen molar-refractivity contribution < 1.29 is 27.8 Å². The molecule has 1 amide bonds. The fourth-order valence-corrected chi connectivity index (χ4v) is 4.10. The smallest absolute Gasteiger partial charge is 0.463 e. The number of ether oxygens (including phenoxy) is 2. The molecular weight excluding hydrogens is 442 g/mol. The van der Waals surface area contributed by atoms with E-state index in [0.717, 1.165) is 16.8 Å². The molecule has 0 radical (unpaired) electrons. The summed E-state index contributed by atoms with van der Waals surface area (Å²) in [5, 5.41) is 3.62. The fraction of sp³-hybridized carbons (Fsp3) is 0.478.